The van der Waals surface area contributed by atoms with Gasteiger partial charge in [0.1, 0.15) is 0 Å². The van der Waals surface area contributed by atoms with Crippen molar-refractivity contribution in [2.24, 2.45) is 0 Å². The maximum Gasteiger partial charge on any atom is 0.251 e. The minimum atomic E-state index is -0.184. The molecule has 7 heteroatoms. The van der Waals surface area contributed by atoms with E-state index >= 15 is 0 Å². The van der Waals surface area contributed by atoms with Crippen LogP contribution in [0.3, 0.4) is 0 Å². The van der Waals surface area contributed by atoms with Gasteiger partial charge in [-0.25, -0.2) is 9.97 Å². The molecule has 4 aromatic carbocycles. The zero-order chi connectivity index (χ0) is 24.2. The van der Waals surface area contributed by atoms with Gasteiger partial charge in [0.25, 0.3) is 5.91 Å². The quantitative estimate of drug-likeness (QED) is 0.258. The Kier molecular flexibility index (Phi) is 6.62. The van der Waals surface area contributed by atoms with Crippen molar-refractivity contribution in [2.45, 2.75) is 6.54 Å². The molecule has 1 amide bonds. The lowest BCUT2D eigenvalue weighted by atomic mass is 10.1. The highest BCUT2D eigenvalue weighted by Gasteiger charge is 2.11. The average Bonchev–Trinajstić information content (AvgIpc) is 2.89. The van der Waals surface area contributed by atoms with Gasteiger partial charge in [0.15, 0.2) is 0 Å². The summed E-state index contributed by atoms with van der Waals surface area (Å²) in [6.07, 6.45) is 0. The number of rotatable bonds is 6. The molecule has 1 aromatic heterocycles. The number of halogens is 2. The number of carbonyl (C=O) groups is 1. The molecule has 5 nitrogen and oxygen atoms in total. The number of anilines is 2. The summed E-state index contributed by atoms with van der Waals surface area (Å²) < 4.78 is 0. The van der Waals surface area contributed by atoms with Crippen LogP contribution in [0.1, 0.15) is 15.9 Å². The molecule has 0 saturated heterocycles. The predicted octanol–water partition coefficient (Wildman–Crippen LogP) is 7.28. The van der Waals surface area contributed by atoms with E-state index in [9.17, 15) is 4.79 Å². The molecule has 35 heavy (non-hydrogen) atoms. The second-order valence-corrected chi connectivity index (χ2v) is 8.73. The summed E-state index contributed by atoms with van der Waals surface area (Å²) in [6, 6.07) is 30.4. The second kappa shape index (κ2) is 10.1. The summed E-state index contributed by atoms with van der Waals surface area (Å²) in [6.45, 7) is 0.350. The van der Waals surface area contributed by atoms with Crippen LogP contribution in [0.2, 0.25) is 10.0 Å². The van der Waals surface area contributed by atoms with Gasteiger partial charge in [-0.1, -0.05) is 77.8 Å². The van der Waals surface area contributed by atoms with E-state index in [0.29, 0.717) is 28.1 Å². The molecule has 0 aliphatic heterocycles. The highest BCUT2D eigenvalue weighted by molar-refractivity contribution is 6.42. The molecule has 0 radical (unpaired) electrons. The number of hydrogen-bond acceptors (Lipinski definition) is 4. The Morgan fingerprint density at radius 1 is 0.771 bits per heavy atom. The summed E-state index contributed by atoms with van der Waals surface area (Å²) in [5, 5.41) is 8.08. The number of fused-ring (bicyclic) bond motifs is 1. The molecule has 172 valence electrons. The van der Waals surface area contributed by atoms with Crippen molar-refractivity contribution >= 4 is 51.6 Å². The molecular weight excluding hydrogens is 479 g/mol. The molecule has 0 saturated carbocycles. The van der Waals surface area contributed by atoms with Gasteiger partial charge in [-0.15, -0.1) is 0 Å². The second-order valence-electron chi connectivity index (χ2n) is 7.91. The third-order valence-corrected chi connectivity index (χ3v) is 6.23. The van der Waals surface area contributed by atoms with Gasteiger partial charge in [-0.05, 0) is 48.0 Å². The first kappa shape index (κ1) is 22.8. The number of hydrogen-bond donors (Lipinski definition) is 2. The lowest BCUT2D eigenvalue weighted by molar-refractivity contribution is 0.0951. The molecule has 0 spiro atoms. The van der Waals surface area contributed by atoms with Gasteiger partial charge in [0.05, 0.1) is 21.3 Å². The zero-order valence-electron chi connectivity index (χ0n) is 18.5. The Balaban J connectivity index is 1.32. The highest BCUT2D eigenvalue weighted by atomic mass is 35.5. The van der Waals surface area contributed by atoms with Gasteiger partial charge in [0, 0.05) is 28.7 Å². The predicted molar refractivity (Wildman–Crippen MR) is 142 cm³/mol. The van der Waals surface area contributed by atoms with Crippen LogP contribution in [0.15, 0.2) is 97.1 Å². The summed E-state index contributed by atoms with van der Waals surface area (Å²) in [4.78, 5) is 22.0. The number of amides is 1. The molecule has 0 atom stereocenters. The van der Waals surface area contributed by atoms with Gasteiger partial charge in [-0.3, -0.25) is 4.79 Å². The van der Waals surface area contributed by atoms with Gasteiger partial charge < -0.3 is 10.6 Å². The van der Waals surface area contributed by atoms with Crippen molar-refractivity contribution in [1.29, 1.82) is 0 Å². The average molecular weight is 499 g/mol. The molecule has 1 heterocycles. The highest BCUT2D eigenvalue weighted by Crippen LogP contribution is 2.28. The van der Waals surface area contributed by atoms with E-state index in [-0.39, 0.29) is 5.91 Å². The Morgan fingerprint density at radius 2 is 1.51 bits per heavy atom. The molecule has 5 rings (SSSR count). The Morgan fingerprint density at radius 3 is 2.29 bits per heavy atom. The van der Waals surface area contributed by atoms with Crippen molar-refractivity contribution < 1.29 is 4.79 Å². The Hall–Kier alpha value is -3.93. The van der Waals surface area contributed by atoms with Gasteiger partial charge >= 0.3 is 0 Å². The Bertz CT molecular complexity index is 1510. The fourth-order valence-electron chi connectivity index (χ4n) is 3.72. The number of carbonyl (C=O) groups excluding carboxylic acids is 1. The topological polar surface area (TPSA) is 66.9 Å². The fourth-order valence-corrected chi connectivity index (χ4v) is 4.04. The van der Waals surface area contributed by atoms with Crippen LogP contribution in [-0.4, -0.2) is 15.9 Å². The molecule has 0 unspecified atom stereocenters. The van der Waals surface area contributed by atoms with E-state index in [1.54, 1.807) is 24.3 Å². The van der Waals surface area contributed by atoms with Crippen LogP contribution in [0.25, 0.3) is 22.2 Å². The molecule has 0 aliphatic carbocycles. The van der Waals surface area contributed by atoms with Crippen LogP contribution >= 0.6 is 23.2 Å². The maximum absolute atomic E-state index is 12.6. The SMILES string of the molecule is O=C(NCc1ccc(Cl)c(Cl)c1)c1ccc(Nc2nc(-c3ccccc3)c3ccccc3n2)cc1. The van der Waals surface area contributed by atoms with Crippen molar-refractivity contribution in [3.8, 4) is 11.3 Å². The number of aromatic nitrogens is 2. The maximum atomic E-state index is 12.6. The number of nitrogens with zero attached hydrogens (tertiary/aromatic N) is 2. The lowest BCUT2D eigenvalue weighted by Gasteiger charge is -2.11. The lowest BCUT2D eigenvalue weighted by Crippen LogP contribution is -2.22. The van der Waals surface area contributed by atoms with E-state index in [0.717, 1.165) is 33.4 Å². The normalized spacial score (nSPS) is 10.8. The minimum absolute atomic E-state index is 0.184. The number of nitrogens with one attached hydrogen (secondary N) is 2. The fraction of sp³-hybridized carbons (Fsp3) is 0.0357. The third kappa shape index (κ3) is 5.27. The van der Waals surface area contributed by atoms with Crippen LogP contribution in [0.5, 0.6) is 0 Å². The Labute approximate surface area is 212 Å². The van der Waals surface area contributed by atoms with Crippen LogP contribution in [0.4, 0.5) is 11.6 Å². The third-order valence-electron chi connectivity index (χ3n) is 5.49. The number of benzene rings is 4. The summed E-state index contributed by atoms with van der Waals surface area (Å²) in [5.41, 5.74) is 4.91. The van der Waals surface area contributed by atoms with Crippen LogP contribution in [-0.2, 0) is 6.54 Å². The van der Waals surface area contributed by atoms with Crippen molar-refractivity contribution in [1.82, 2.24) is 15.3 Å². The first-order chi connectivity index (χ1) is 17.1. The summed E-state index contributed by atoms with van der Waals surface area (Å²) in [5.74, 6) is 0.301. The zero-order valence-corrected chi connectivity index (χ0v) is 20.0. The van der Waals surface area contributed by atoms with Gasteiger partial charge in [-0.2, -0.15) is 0 Å². The smallest absolute Gasteiger partial charge is 0.251 e. The monoisotopic (exact) mass is 498 g/mol. The standard InChI is InChI=1S/C28H20Cl2N4O/c29-23-15-10-18(16-24(23)30)17-31-27(35)20-11-13-21(14-12-20)32-28-33-25-9-5-4-8-22(25)26(34-28)19-6-2-1-3-7-19/h1-16H,17H2,(H,31,35)(H,32,33,34). The van der Waals surface area contributed by atoms with Crippen LogP contribution in [0, 0.1) is 0 Å². The van der Waals surface area contributed by atoms with Crippen LogP contribution < -0.4 is 10.6 Å². The van der Waals surface area contributed by atoms with E-state index in [2.05, 4.69) is 15.6 Å². The first-order valence-corrected chi connectivity index (χ1v) is 11.7. The number of para-hydroxylation sites is 1. The van der Waals surface area contributed by atoms with Crippen molar-refractivity contribution in [2.75, 3.05) is 5.32 Å². The van der Waals surface area contributed by atoms with E-state index in [4.69, 9.17) is 28.2 Å². The molecule has 0 bridgehead atoms. The van der Waals surface area contributed by atoms with Crippen molar-refractivity contribution in [3.05, 3.63) is 118 Å². The first-order valence-electron chi connectivity index (χ1n) is 11.0. The molecule has 5 aromatic rings. The van der Waals surface area contributed by atoms with E-state index < -0.39 is 0 Å². The summed E-state index contributed by atoms with van der Waals surface area (Å²) in [7, 11) is 0. The van der Waals surface area contributed by atoms with E-state index in [1.165, 1.54) is 0 Å². The summed E-state index contributed by atoms with van der Waals surface area (Å²) >= 11 is 12.0. The molecular formula is C28H20Cl2N4O. The molecule has 0 aliphatic rings. The molecule has 2 N–H and O–H groups in total. The van der Waals surface area contributed by atoms with Gasteiger partial charge in [0.2, 0.25) is 5.95 Å². The minimum Gasteiger partial charge on any atom is -0.348 e. The molecule has 0 fully saturated rings. The van der Waals surface area contributed by atoms with Crippen molar-refractivity contribution in [3.63, 3.8) is 0 Å². The van der Waals surface area contributed by atoms with E-state index in [1.807, 2.05) is 72.8 Å². The largest absolute Gasteiger partial charge is 0.348 e.